The average Bonchev–Trinajstić information content (AvgIpc) is 2.89. The third-order valence-electron chi connectivity index (χ3n) is 2.63. The average molecular weight is 272 g/mol. The maximum absolute atomic E-state index is 8.75. The van der Waals surface area contributed by atoms with Crippen LogP contribution in [0.15, 0.2) is 42.7 Å². The molecule has 96 valence electrons. The Morgan fingerprint density at radius 2 is 2.21 bits per heavy atom. The molecule has 19 heavy (non-hydrogen) atoms. The van der Waals surface area contributed by atoms with E-state index in [0.717, 1.165) is 26.5 Å². The van der Waals surface area contributed by atoms with Gasteiger partial charge in [-0.2, -0.15) is 0 Å². The van der Waals surface area contributed by atoms with Crippen LogP contribution in [0.1, 0.15) is 0 Å². The number of pyridine rings is 1. The van der Waals surface area contributed by atoms with E-state index in [1.165, 1.54) is 0 Å². The summed E-state index contributed by atoms with van der Waals surface area (Å²) < 4.78 is 6.46. The summed E-state index contributed by atoms with van der Waals surface area (Å²) in [5, 5.41) is 9.70. The Kier molecular flexibility index (Phi) is 3.39. The number of aliphatic hydroxyl groups is 1. The van der Waals surface area contributed by atoms with Gasteiger partial charge in [-0.1, -0.05) is 0 Å². The van der Waals surface area contributed by atoms with Gasteiger partial charge in [0.05, 0.1) is 16.8 Å². The van der Waals surface area contributed by atoms with Gasteiger partial charge in [-0.05, 0) is 30.3 Å². The minimum Gasteiger partial charge on any atom is -0.491 e. The van der Waals surface area contributed by atoms with Gasteiger partial charge >= 0.3 is 0 Å². The second-order valence-electron chi connectivity index (χ2n) is 3.96. The van der Waals surface area contributed by atoms with E-state index < -0.39 is 0 Å². The minimum atomic E-state index is 0.0155. The highest BCUT2D eigenvalue weighted by molar-refractivity contribution is 7.21. The van der Waals surface area contributed by atoms with E-state index in [9.17, 15) is 0 Å². The topological polar surface area (TPSA) is 55.2 Å². The monoisotopic (exact) mass is 272 g/mol. The van der Waals surface area contributed by atoms with Gasteiger partial charge in [-0.15, -0.1) is 11.3 Å². The molecule has 1 aromatic carbocycles. The molecule has 0 aliphatic carbocycles. The number of thiazole rings is 1. The number of hydrogen-bond acceptors (Lipinski definition) is 5. The Hall–Kier alpha value is -1.98. The third-order valence-corrected chi connectivity index (χ3v) is 3.70. The normalized spacial score (nSPS) is 10.8. The predicted molar refractivity (Wildman–Crippen MR) is 75.4 cm³/mol. The fraction of sp³-hybridized carbons (Fsp3) is 0.143. The van der Waals surface area contributed by atoms with Crippen LogP contribution in [0.25, 0.3) is 20.8 Å². The lowest BCUT2D eigenvalue weighted by atomic mass is 10.3. The molecule has 0 spiro atoms. The van der Waals surface area contributed by atoms with Crippen molar-refractivity contribution in [1.29, 1.82) is 0 Å². The van der Waals surface area contributed by atoms with E-state index in [4.69, 9.17) is 9.84 Å². The molecule has 0 fully saturated rings. The molecule has 2 heterocycles. The summed E-state index contributed by atoms with van der Waals surface area (Å²) in [4.78, 5) is 8.68. The van der Waals surface area contributed by atoms with Gasteiger partial charge in [-0.3, -0.25) is 4.98 Å². The molecule has 1 N–H and O–H groups in total. The van der Waals surface area contributed by atoms with Crippen LogP contribution in [0, 0.1) is 0 Å². The Morgan fingerprint density at radius 1 is 1.26 bits per heavy atom. The third kappa shape index (κ3) is 2.57. The quantitative estimate of drug-likeness (QED) is 0.793. The molecule has 3 aromatic rings. The van der Waals surface area contributed by atoms with Crippen molar-refractivity contribution in [3.63, 3.8) is 0 Å². The van der Waals surface area contributed by atoms with E-state index in [1.807, 2.05) is 30.3 Å². The first-order valence-electron chi connectivity index (χ1n) is 5.91. The van der Waals surface area contributed by atoms with Crippen LogP contribution in [-0.4, -0.2) is 28.3 Å². The van der Waals surface area contributed by atoms with Gasteiger partial charge in [0.2, 0.25) is 0 Å². The number of rotatable bonds is 4. The molecule has 0 saturated heterocycles. The van der Waals surface area contributed by atoms with Crippen LogP contribution in [0.2, 0.25) is 0 Å². The van der Waals surface area contributed by atoms with Gasteiger partial charge in [0, 0.05) is 18.0 Å². The van der Waals surface area contributed by atoms with Crippen molar-refractivity contribution in [2.24, 2.45) is 0 Å². The van der Waals surface area contributed by atoms with E-state index in [-0.39, 0.29) is 6.61 Å². The fourth-order valence-corrected chi connectivity index (χ4v) is 2.76. The minimum absolute atomic E-state index is 0.0155. The summed E-state index contributed by atoms with van der Waals surface area (Å²) in [5.41, 5.74) is 1.96. The zero-order valence-electron chi connectivity index (χ0n) is 10.1. The lowest BCUT2D eigenvalue weighted by Crippen LogP contribution is -2.00. The summed E-state index contributed by atoms with van der Waals surface area (Å²) >= 11 is 1.60. The maximum Gasteiger partial charge on any atom is 0.126 e. The number of nitrogens with zero attached hydrogens (tertiary/aromatic N) is 2. The Morgan fingerprint density at radius 3 is 3.00 bits per heavy atom. The van der Waals surface area contributed by atoms with Crippen molar-refractivity contribution in [3.8, 4) is 16.3 Å². The van der Waals surface area contributed by atoms with Crippen LogP contribution in [0.4, 0.5) is 0 Å². The number of benzene rings is 1. The Balaban J connectivity index is 1.97. The predicted octanol–water partition coefficient (Wildman–Crippen LogP) is 2.73. The van der Waals surface area contributed by atoms with E-state index in [1.54, 1.807) is 23.7 Å². The lowest BCUT2D eigenvalue weighted by molar-refractivity contribution is 0.201. The number of ether oxygens (including phenoxy) is 1. The molecule has 0 aliphatic heterocycles. The summed E-state index contributed by atoms with van der Waals surface area (Å²) in [7, 11) is 0. The zero-order valence-corrected chi connectivity index (χ0v) is 10.9. The van der Waals surface area contributed by atoms with Gasteiger partial charge < -0.3 is 9.84 Å². The molecule has 5 heteroatoms. The van der Waals surface area contributed by atoms with Crippen LogP contribution < -0.4 is 4.74 Å². The first-order valence-corrected chi connectivity index (χ1v) is 6.73. The number of hydrogen-bond donors (Lipinski definition) is 1. The van der Waals surface area contributed by atoms with Crippen molar-refractivity contribution in [1.82, 2.24) is 9.97 Å². The van der Waals surface area contributed by atoms with Gasteiger partial charge in [0.15, 0.2) is 0 Å². The largest absolute Gasteiger partial charge is 0.491 e. The summed E-state index contributed by atoms with van der Waals surface area (Å²) in [6, 6.07) is 9.64. The van der Waals surface area contributed by atoms with Crippen LogP contribution in [-0.2, 0) is 0 Å². The fourth-order valence-electron chi connectivity index (χ4n) is 1.77. The van der Waals surface area contributed by atoms with Crippen LogP contribution >= 0.6 is 11.3 Å². The summed E-state index contributed by atoms with van der Waals surface area (Å²) in [6.07, 6.45) is 3.55. The second kappa shape index (κ2) is 5.34. The molecule has 3 rings (SSSR count). The van der Waals surface area contributed by atoms with Crippen molar-refractivity contribution >= 4 is 21.6 Å². The molecule has 0 atom stereocenters. The summed E-state index contributed by atoms with van der Waals surface area (Å²) in [5.74, 6) is 0.753. The molecule has 4 nitrogen and oxygen atoms in total. The van der Waals surface area contributed by atoms with Gasteiger partial charge in [0.1, 0.15) is 17.4 Å². The highest BCUT2D eigenvalue weighted by Crippen LogP contribution is 2.31. The first kappa shape index (κ1) is 12.1. The Bertz CT molecular complexity index is 682. The standard InChI is InChI=1S/C14H12N2O2S/c17-6-7-18-11-3-4-12-13(8-11)19-14(16-12)10-2-1-5-15-9-10/h1-5,8-9,17H,6-7H2. The van der Waals surface area contributed by atoms with E-state index in [2.05, 4.69) is 9.97 Å². The highest BCUT2D eigenvalue weighted by Gasteiger charge is 2.07. The molecular formula is C14H12N2O2S. The lowest BCUT2D eigenvalue weighted by Gasteiger charge is -2.02. The smallest absolute Gasteiger partial charge is 0.126 e. The van der Waals surface area contributed by atoms with Gasteiger partial charge in [-0.25, -0.2) is 4.98 Å². The number of aliphatic hydroxyl groups excluding tert-OH is 1. The van der Waals surface area contributed by atoms with Crippen LogP contribution in [0.3, 0.4) is 0 Å². The van der Waals surface area contributed by atoms with E-state index in [0.29, 0.717) is 6.61 Å². The molecule has 0 amide bonds. The van der Waals surface area contributed by atoms with Crippen molar-refractivity contribution < 1.29 is 9.84 Å². The SMILES string of the molecule is OCCOc1ccc2nc(-c3cccnc3)sc2c1. The number of fused-ring (bicyclic) bond motifs is 1. The zero-order chi connectivity index (χ0) is 13.1. The van der Waals surface area contributed by atoms with Crippen molar-refractivity contribution in [2.75, 3.05) is 13.2 Å². The van der Waals surface area contributed by atoms with E-state index >= 15 is 0 Å². The molecule has 0 radical (unpaired) electrons. The van der Waals surface area contributed by atoms with Crippen molar-refractivity contribution in [3.05, 3.63) is 42.7 Å². The summed E-state index contributed by atoms with van der Waals surface area (Å²) in [6.45, 7) is 0.321. The molecular weight excluding hydrogens is 260 g/mol. The first-order chi connectivity index (χ1) is 9.36. The molecule has 0 unspecified atom stereocenters. The Labute approximate surface area is 114 Å². The van der Waals surface area contributed by atoms with Crippen molar-refractivity contribution in [2.45, 2.75) is 0 Å². The highest BCUT2D eigenvalue weighted by atomic mass is 32.1. The molecule has 0 bridgehead atoms. The number of aromatic nitrogens is 2. The second-order valence-corrected chi connectivity index (χ2v) is 4.99. The molecule has 0 saturated carbocycles. The molecule has 0 aliphatic rings. The van der Waals surface area contributed by atoms with Crippen LogP contribution in [0.5, 0.6) is 5.75 Å². The molecule has 2 aromatic heterocycles. The maximum atomic E-state index is 8.75. The van der Waals surface area contributed by atoms with Gasteiger partial charge in [0.25, 0.3) is 0 Å².